The van der Waals surface area contributed by atoms with Crippen molar-refractivity contribution in [1.29, 1.82) is 5.26 Å². The maximum atomic E-state index is 10.9. The molecule has 0 N–H and O–H groups in total. The molecule has 0 aliphatic heterocycles. The van der Waals surface area contributed by atoms with Crippen LogP contribution in [0.1, 0.15) is 4.88 Å². The molecule has 1 aromatic rings. The molecule has 1 aromatic heterocycles. The van der Waals surface area contributed by atoms with Gasteiger partial charge in [0.15, 0.2) is 6.07 Å². The molecule has 14 heavy (non-hydrogen) atoms. The molecule has 0 fully saturated rings. The fraction of sp³-hybridized carbons (Fsp3) is 0.333. The minimum Gasteiger partial charge on any atom is -0.333 e. The molecular formula is C9H9ClN2OS. The van der Waals surface area contributed by atoms with Crippen LogP contribution in [0.2, 0.25) is 4.34 Å². The Balaban J connectivity index is 2.42. The maximum absolute atomic E-state index is 10.9. The number of hydrogen-bond acceptors (Lipinski definition) is 3. The molecule has 0 spiro atoms. The van der Waals surface area contributed by atoms with Gasteiger partial charge in [-0.25, -0.2) is 0 Å². The average Bonchev–Trinajstić information content (AvgIpc) is 2.59. The number of amides is 1. The van der Waals surface area contributed by atoms with Crippen molar-refractivity contribution in [2.24, 2.45) is 0 Å². The van der Waals surface area contributed by atoms with Crippen LogP contribution < -0.4 is 0 Å². The van der Waals surface area contributed by atoms with Gasteiger partial charge in [0.1, 0.15) is 0 Å². The van der Waals surface area contributed by atoms with Crippen molar-refractivity contribution in [3.8, 4) is 6.07 Å². The first-order valence-corrected chi connectivity index (χ1v) is 5.22. The number of likely N-dealkylation sites (N-methyl/N-ethyl adjacent to an activating group) is 1. The topological polar surface area (TPSA) is 44.1 Å². The highest BCUT2D eigenvalue weighted by molar-refractivity contribution is 7.16. The second-order valence-electron chi connectivity index (χ2n) is 2.79. The summed E-state index contributed by atoms with van der Waals surface area (Å²) in [6.07, 6.45) is 0.737. The zero-order valence-corrected chi connectivity index (χ0v) is 9.23. The highest BCUT2D eigenvalue weighted by atomic mass is 35.5. The van der Waals surface area contributed by atoms with Gasteiger partial charge < -0.3 is 4.90 Å². The zero-order chi connectivity index (χ0) is 10.6. The first-order valence-electron chi connectivity index (χ1n) is 4.03. The average molecular weight is 229 g/mol. The van der Waals surface area contributed by atoms with Gasteiger partial charge in [-0.3, -0.25) is 4.79 Å². The predicted octanol–water partition coefficient (Wildman–Crippen LogP) is 1.93. The Bertz CT molecular complexity index is 369. The number of nitrogens with zero attached hydrogens (tertiary/aromatic N) is 2. The van der Waals surface area contributed by atoms with E-state index in [1.165, 1.54) is 16.2 Å². The lowest BCUT2D eigenvalue weighted by molar-refractivity contribution is -0.124. The van der Waals surface area contributed by atoms with Crippen LogP contribution in [0.5, 0.6) is 0 Å². The molecule has 5 heteroatoms. The van der Waals surface area contributed by atoms with Gasteiger partial charge in [-0.2, -0.15) is 5.26 Å². The molecule has 0 bridgehead atoms. The SMILES string of the molecule is CN(CCc1ccc(Cl)s1)C(=O)C#N. The molecule has 3 nitrogen and oxygen atoms in total. The second-order valence-corrected chi connectivity index (χ2v) is 4.59. The van der Waals surface area contributed by atoms with Crippen LogP contribution in [0.4, 0.5) is 0 Å². The summed E-state index contributed by atoms with van der Waals surface area (Å²) in [5.41, 5.74) is 0. The largest absolute Gasteiger partial charge is 0.333 e. The molecule has 1 rings (SSSR count). The lowest BCUT2D eigenvalue weighted by Gasteiger charge is -2.11. The fourth-order valence-corrected chi connectivity index (χ4v) is 2.03. The second kappa shape index (κ2) is 4.99. The summed E-state index contributed by atoms with van der Waals surface area (Å²) in [5, 5.41) is 8.35. The summed E-state index contributed by atoms with van der Waals surface area (Å²) in [6.45, 7) is 0.545. The number of thiophene rings is 1. The number of hydrogen-bond donors (Lipinski definition) is 0. The van der Waals surface area contributed by atoms with Gasteiger partial charge in [0, 0.05) is 18.5 Å². The van der Waals surface area contributed by atoms with Gasteiger partial charge in [-0.1, -0.05) is 11.6 Å². The van der Waals surface area contributed by atoms with Gasteiger partial charge in [0.05, 0.1) is 4.34 Å². The Morgan fingerprint density at radius 3 is 2.93 bits per heavy atom. The molecule has 0 aromatic carbocycles. The molecule has 0 saturated heterocycles. The molecule has 0 radical (unpaired) electrons. The van der Waals surface area contributed by atoms with Crippen LogP contribution in [0, 0.1) is 11.3 Å². The summed E-state index contributed by atoms with van der Waals surface area (Å²) in [5.74, 6) is -0.507. The standard InChI is InChI=1S/C9H9ClN2OS/c1-12(9(13)6-11)5-4-7-2-3-8(10)14-7/h2-3H,4-5H2,1H3. The van der Waals surface area contributed by atoms with Crippen LogP contribution in [-0.4, -0.2) is 24.4 Å². The van der Waals surface area contributed by atoms with E-state index in [0.717, 1.165) is 15.6 Å². The molecule has 0 atom stereocenters. The van der Waals surface area contributed by atoms with E-state index in [9.17, 15) is 4.79 Å². The third-order valence-corrected chi connectivity index (χ3v) is 3.06. The number of carbonyl (C=O) groups is 1. The van der Waals surface area contributed by atoms with Gasteiger partial charge in [-0.05, 0) is 18.6 Å². The minimum atomic E-state index is -0.507. The van der Waals surface area contributed by atoms with E-state index in [4.69, 9.17) is 16.9 Å². The summed E-state index contributed by atoms with van der Waals surface area (Å²) >= 11 is 7.24. The third-order valence-electron chi connectivity index (χ3n) is 1.76. The Labute approximate surface area is 91.5 Å². The monoisotopic (exact) mass is 228 g/mol. The van der Waals surface area contributed by atoms with Crippen LogP contribution in [0.25, 0.3) is 0 Å². The molecule has 0 aliphatic carbocycles. The van der Waals surface area contributed by atoms with Gasteiger partial charge in [-0.15, -0.1) is 11.3 Å². The van der Waals surface area contributed by atoms with E-state index in [-0.39, 0.29) is 0 Å². The van der Waals surface area contributed by atoms with Crippen molar-refractivity contribution < 1.29 is 4.79 Å². The van der Waals surface area contributed by atoms with Gasteiger partial charge in [0.2, 0.25) is 0 Å². The van der Waals surface area contributed by atoms with E-state index >= 15 is 0 Å². The fourth-order valence-electron chi connectivity index (χ4n) is 0.951. The van der Waals surface area contributed by atoms with E-state index in [2.05, 4.69) is 0 Å². The Hall–Kier alpha value is -1.05. The van der Waals surface area contributed by atoms with Crippen molar-refractivity contribution in [1.82, 2.24) is 4.90 Å². The first-order chi connectivity index (χ1) is 6.63. The summed E-state index contributed by atoms with van der Waals surface area (Å²) in [6, 6.07) is 5.33. The lowest BCUT2D eigenvalue weighted by Crippen LogP contribution is -2.27. The van der Waals surface area contributed by atoms with Crippen LogP contribution in [0.3, 0.4) is 0 Å². The zero-order valence-electron chi connectivity index (χ0n) is 7.66. The van der Waals surface area contributed by atoms with E-state index in [1.807, 2.05) is 12.1 Å². The van der Waals surface area contributed by atoms with Crippen molar-refractivity contribution >= 4 is 28.8 Å². The smallest absolute Gasteiger partial charge is 0.324 e. The Morgan fingerprint density at radius 2 is 2.43 bits per heavy atom. The van der Waals surface area contributed by atoms with E-state index < -0.39 is 5.91 Å². The number of nitriles is 1. The van der Waals surface area contributed by atoms with E-state index in [0.29, 0.717) is 6.54 Å². The van der Waals surface area contributed by atoms with Crippen LogP contribution in [0.15, 0.2) is 12.1 Å². The Morgan fingerprint density at radius 1 is 1.71 bits per heavy atom. The van der Waals surface area contributed by atoms with Crippen LogP contribution >= 0.6 is 22.9 Å². The number of halogens is 1. The lowest BCUT2D eigenvalue weighted by atomic mass is 10.3. The summed E-state index contributed by atoms with van der Waals surface area (Å²) in [7, 11) is 1.61. The van der Waals surface area contributed by atoms with E-state index in [1.54, 1.807) is 13.1 Å². The summed E-state index contributed by atoms with van der Waals surface area (Å²) < 4.78 is 0.745. The molecule has 1 amide bonds. The van der Waals surface area contributed by atoms with Gasteiger partial charge >= 0.3 is 5.91 Å². The highest BCUT2D eigenvalue weighted by Crippen LogP contribution is 2.21. The first kappa shape index (κ1) is 11.0. The molecule has 74 valence electrons. The molecule has 1 heterocycles. The maximum Gasteiger partial charge on any atom is 0.324 e. The predicted molar refractivity (Wildman–Crippen MR) is 56.3 cm³/mol. The Kier molecular flexibility index (Phi) is 3.93. The molecule has 0 unspecified atom stereocenters. The van der Waals surface area contributed by atoms with Crippen molar-refractivity contribution in [3.05, 3.63) is 21.3 Å². The van der Waals surface area contributed by atoms with Crippen molar-refractivity contribution in [2.45, 2.75) is 6.42 Å². The number of carbonyl (C=O) groups excluding carboxylic acids is 1. The third kappa shape index (κ3) is 3.02. The van der Waals surface area contributed by atoms with Crippen LogP contribution in [-0.2, 0) is 11.2 Å². The van der Waals surface area contributed by atoms with Crippen molar-refractivity contribution in [2.75, 3.05) is 13.6 Å². The van der Waals surface area contributed by atoms with Crippen molar-refractivity contribution in [3.63, 3.8) is 0 Å². The highest BCUT2D eigenvalue weighted by Gasteiger charge is 2.07. The molecule has 0 saturated carbocycles. The quantitative estimate of drug-likeness (QED) is 0.742. The van der Waals surface area contributed by atoms with Gasteiger partial charge in [0.25, 0.3) is 0 Å². The molecule has 0 aliphatic rings. The minimum absolute atomic E-state index is 0.507. The molecular weight excluding hydrogens is 220 g/mol. The number of rotatable bonds is 3. The normalized spacial score (nSPS) is 9.50. The summed E-state index contributed by atoms with van der Waals surface area (Å²) in [4.78, 5) is 13.4.